The number of rotatable bonds is 4. The highest BCUT2D eigenvalue weighted by Crippen LogP contribution is 2.28. The van der Waals surface area contributed by atoms with Gasteiger partial charge in [0.15, 0.2) is 0 Å². The van der Waals surface area contributed by atoms with Gasteiger partial charge in [0.05, 0.1) is 18.8 Å². The molecule has 1 aliphatic heterocycles. The van der Waals surface area contributed by atoms with E-state index >= 15 is 0 Å². The molecule has 21 heavy (non-hydrogen) atoms. The zero-order valence-electron chi connectivity index (χ0n) is 11.7. The van der Waals surface area contributed by atoms with Crippen LogP contribution in [0.1, 0.15) is 22.7 Å². The molecule has 4 heteroatoms. The Bertz CT molecular complexity index is 589. The van der Waals surface area contributed by atoms with Gasteiger partial charge in [-0.05, 0) is 22.8 Å². The summed E-state index contributed by atoms with van der Waals surface area (Å²) in [4.78, 5) is 0. The van der Waals surface area contributed by atoms with Gasteiger partial charge in [0.2, 0.25) is 0 Å². The Morgan fingerprint density at radius 3 is 2.67 bits per heavy atom. The van der Waals surface area contributed by atoms with Crippen LogP contribution in [0.25, 0.3) is 0 Å². The third-order valence-corrected chi connectivity index (χ3v) is 3.80. The van der Waals surface area contributed by atoms with Crippen molar-refractivity contribution in [3.8, 4) is 5.75 Å². The van der Waals surface area contributed by atoms with Crippen molar-refractivity contribution in [1.82, 2.24) is 0 Å². The summed E-state index contributed by atoms with van der Waals surface area (Å²) in [5.41, 5.74) is 9.44. The standard InChI is InChI=1S/C17H19NO2.ClH/c18-17(15(19)10-12-4-2-1-3-5-12)14-6-7-16-13(11-14)8-9-20-16;/h1-7,11,15,17,19H,8-10,18H2;1H/t15-,17+;/m1./s1. The largest absolute Gasteiger partial charge is 0.493 e. The van der Waals surface area contributed by atoms with Gasteiger partial charge >= 0.3 is 0 Å². The molecule has 0 aromatic heterocycles. The number of nitrogens with two attached hydrogens (primary N) is 1. The first-order valence-corrected chi connectivity index (χ1v) is 6.97. The number of halogens is 1. The Morgan fingerprint density at radius 1 is 1.14 bits per heavy atom. The highest BCUT2D eigenvalue weighted by atomic mass is 35.5. The summed E-state index contributed by atoms with van der Waals surface area (Å²) in [7, 11) is 0. The Hall–Kier alpha value is -1.55. The van der Waals surface area contributed by atoms with Crippen LogP contribution in [0.5, 0.6) is 5.75 Å². The summed E-state index contributed by atoms with van der Waals surface area (Å²) >= 11 is 0. The van der Waals surface area contributed by atoms with Crippen LogP contribution in [-0.2, 0) is 12.8 Å². The number of ether oxygens (including phenoxy) is 1. The zero-order valence-corrected chi connectivity index (χ0v) is 12.6. The number of aliphatic hydroxyl groups is 1. The minimum absolute atomic E-state index is 0. The molecule has 0 radical (unpaired) electrons. The summed E-state index contributed by atoms with van der Waals surface area (Å²) in [6.07, 6.45) is 0.901. The average Bonchev–Trinajstić information content (AvgIpc) is 2.94. The van der Waals surface area contributed by atoms with Crippen LogP contribution >= 0.6 is 12.4 Å². The molecule has 0 spiro atoms. The normalized spacial score (nSPS) is 15.5. The second-order valence-corrected chi connectivity index (χ2v) is 5.25. The Kier molecular flexibility index (Phi) is 5.23. The van der Waals surface area contributed by atoms with E-state index in [9.17, 15) is 5.11 Å². The molecular weight excluding hydrogens is 286 g/mol. The van der Waals surface area contributed by atoms with E-state index in [0.29, 0.717) is 6.42 Å². The van der Waals surface area contributed by atoms with Gasteiger partial charge in [-0.3, -0.25) is 0 Å². The smallest absolute Gasteiger partial charge is 0.122 e. The van der Waals surface area contributed by atoms with E-state index < -0.39 is 6.10 Å². The first-order chi connectivity index (χ1) is 9.74. The quantitative estimate of drug-likeness (QED) is 0.913. The van der Waals surface area contributed by atoms with E-state index in [4.69, 9.17) is 10.5 Å². The van der Waals surface area contributed by atoms with Gasteiger partial charge in [0, 0.05) is 12.8 Å². The van der Waals surface area contributed by atoms with Gasteiger partial charge in [0.25, 0.3) is 0 Å². The molecular formula is C17H20ClNO2. The molecule has 0 saturated heterocycles. The molecule has 2 aromatic carbocycles. The van der Waals surface area contributed by atoms with Crippen LogP contribution in [0.3, 0.4) is 0 Å². The summed E-state index contributed by atoms with van der Waals surface area (Å²) in [6, 6.07) is 15.5. The zero-order chi connectivity index (χ0) is 13.9. The second kappa shape index (κ2) is 6.94. The molecule has 1 aliphatic rings. The molecule has 2 atom stereocenters. The Labute approximate surface area is 131 Å². The molecule has 0 fully saturated rings. The van der Waals surface area contributed by atoms with Crippen molar-refractivity contribution >= 4 is 12.4 Å². The predicted molar refractivity (Wildman–Crippen MR) is 86.0 cm³/mol. The maximum Gasteiger partial charge on any atom is 0.122 e. The average molecular weight is 306 g/mol. The Balaban J connectivity index is 0.00000161. The number of fused-ring (bicyclic) bond motifs is 1. The minimum atomic E-state index is -0.585. The third kappa shape index (κ3) is 3.56. The maximum absolute atomic E-state index is 10.3. The summed E-state index contributed by atoms with van der Waals surface area (Å²) < 4.78 is 5.49. The number of aliphatic hydroxyl groups excluding tert-OH is 1. The van der Waals surface area contributed by atoms with Gasteiger partial charge in [0.1, 0.15) is 5.75 Å². The lowest BCUT2D eigenvalue weighted by atomic mass is 9.95. The van der Waals surface area contributed by atoms with Crippen molar-refractivity contribution in [3.63, 3.8) is 0 Å². The van der Waals surface area contributed by atoms with E-state index in [1.54, 1.807) is 0 Å². The van der Waals surface area contributed by atoms with Gasteiger partial charge in [-0.1, -0.05) is 42.5 Å². The molecule has 0 unspecified atom stereocenters. The lowest BCUT2D eigenvalue weighted by molar-refractivity contribution is 0.145. The monoisotopic (exact) mass is 305 g/mol. The minimum Gasteiger partial charge on any atom is -0.493 e. The molecule has 0 bridgehead atoms. The van der Waals surface area contributed by atoms with Crippen molar-refractivity contribution in [2.75, 3.05) is 6.61 Å². The SMILES string of the molecule is Cl.N[C@@H](c1ccc2c(c1)CCO2)[C@H](O)Cc1ccccc1. The van der Waals surface area contributed by atoms with Crippen molar-refractivity contribution < 1.29 is 9.84 Å². The van der Waals surface area contributed by atoms with Crippen LogP contribution in [-0.4, -0.2) is 17.8 Å². The fourth-order valence-electron chi connectivity index (χ4n) is 2.62. The first kappa shape index (κ1) is 15.8. The molecule has 2 aromatic rings. The molecule has 3 rings (SSSR count). The van der Waals surface area contributed by atoms with Gasteiger partial charge in [-0.15, -0.1) is 12.4 Å². The number of hydrogen-bond acceptors (Lipinski definition) is 3. The van der Waals surface area contributed by atoms with Gasteiger partial charge in [-0.25, -0.2) is 0 Å². The van der Waals surface area contributed by atoms with Crippen LogP contribution < -0.4 is 10.5 Å². The molecule has 0 saturated carbocycles. The molecule has 3 N–H and O–H groups in total. The van der Waals surface area contributed by atoms with Crippen molar-refractivity contribution in [2.24, 2.45) is 5.73 Å². The predicted octanol–water partition coefficient (Wildman–Crippen LogP) is 2.65. The van der Waals surface area contributed by atoms with Crippen molar-refractivity contribution in [3.05, 3.63) is 65.2 Å². The number of hydrogen-bond donors (Lipinski definition) is 2. The fourth-order valence-corrected chi connectivity index (χ4v) is 2.62. The van der Waals surface area contributed by atoms with Gasteiger partial charge < -0.3 is 15.6 Å². The lowest BCUT2D eigenvalue weighted by Gasteiger charge is -2.20. The number of benzene rings is 2. The molecule has 3 nitrogen and oxygen atoms in total. The maximum atomic E-state index is 10.3. The molecule has 112 valence electrons. The van der Waals surface area contributed by atoms with E-state index in [-0.39, 0.29) is 18.4 Å². The highest BCUT2D eigenvalue weighted by Gasteiger charge is 2.20. The van der Waals surface area contributed by atoms with Crippen LogP contribution in [0.2, 0.25) is 0 Å². The van der Waals surface area contributed by atoms with E-state index in [1.807, 2.05) is 42.5 Å². The molecule has 0 amide bonds. The van der Waals surface area contributed by atoms with Crippen molar-refractivity contribution in [2.45, 2.75) is 25.0 Å². The van der Waals surface area contributed by atoms with E-state index in [1.165, 1.54) is 5.56 Å². The fraction of sp³-hybridized carbons (Fsp3) is 0.294. The van der Waals surface area contributed by atoms with Crippen molar-refractivity contribution in [1.29, 1.82) is 0 Å². The van der Waals surface area contributed by atoms with E-state index in [0.717, 1.165) is 29.9 Å². The van der Waals surface area contributed by atoms with Crippen LogP contribution in [0.4, 0.5) is 0 Å². The second-order valence-electron chi connectivity index (χ2n) is 5.25. The van der Waals surface area contributed by atoms with Crippen LogP contribution in [0, 0.1) is 0 Å². The summed E-state index contributed by atoms with van der Waals surface area (Å²) in [5, 5.41) is 10.3. The van der Waals surface area contributed by atoms with Gasteiger partial charge in [-0.2, -0.15) is 0 Å². The van der Waals surface area contributed by atoms with E-state index in [2.05, 4.69) is 6.07 Å². The highest BCUT2D eigenvalue weighted by molar-refractivity contribution is 5.85. The molecule has 0 aliphatic carbocycles. The molecule has 1 heterocycles. The first-order valence-electron chi connectivity index (χ1n) is 6.97. The van der Waals surface area contributed by atoms with Crippen LogP contribution in [0.15, 0.2) is 48.5 Å². The summed E-state index contributed by atoms with van der Waals surface area (Å²) in [6.45, 7) is 0.737. The topological polar surface area (TPSA) is 55.5 Å². The summed E-state index contributed by atoms with van der Waals surface area (Å²) in [5.74, 6) is 0.943. The Morgan fingerprint density at radius 2 is 1.90 bits per heavy atom. The third-order valence-electron chi connectivity index (χ3n) is 3.80. The lowest BCUT2D eigenvalue weighted by Crippen LogP contribution is -2.28.